The topological polar surface area (TPSA) is 63.2 Å². The average molecular weight is 258 g/mol. The van der Waals surface area contributed by atoms with Crippen molar-refractivity contribution in [1.29, 1.82) is 0 Å². The Bertz CT molecular complexity index is 412. The number of aromatic nitrogens is 3. The van der Waals surface area contributed by atoms with Gasteiger partial charge in [0.2, 0.25) is 11.2 Å². The van der Waals surface area contributed by atoms with Gasteiger partial charge in [0.05, 0.1) is 7.11 Å². The van der Waals surface area contributed by atoms with Crippen LogP contribution in [-0.4, -0.2) is 47.2 Å². The van der Waals surface area contributed by atoms with Gasteiger partial charge in [-0.15, -0.1) is 0 Å². The Kier molecular flexibility index (Phi) is 3.35. The number of nitrogens with zero attached hydrogens (tertiary/aromatic N) is 4. The van der Waals surface area contributed by atoms with E-state index in [1.807, 2.05) is 0 Å². The number of ether oxygens (including phenoxy) is 1. The summed E-state index contributed by atoms with van der Waals surface area (Å²) in [5, 5.41) is 3.58. The highest BCUT2D eigenvalue weighted by Gasteiger charge is 2.27. The summed E-state index contributed by atoms with van der Waals surface area (Å²) in [6.45, 7) is 6.82. The Labute approximate surface area is 105 Å². The molecule has 0 aromatic carbocycles. The van der Waals surface area contributed by atoms with Crippen LogP contribution in [-0.2, 0) is 0 Å². The number of hydrogen-bond donors (Lipinski definition) is 1. The molecule has 94 valence electrons. The first kappa shape index (κ1) is 12.3. The lowest BCUT2D eigenvalue weighted by Gasteiger charge is -2.39. The van der Waals surface area contributed by atoms with Crippen LogP contribution in [0.4, 0.5) is 5.95 Å². The number of methoxy groups -OCH3 is 1. The molecule has 0 radical (unpaired) electrons. The summed E-state index contributed by atoms with van der Waals surface area (Å²) in [4.78, 5) is 14.3. The van der Waals surface area contributed by atoms with Crippen molar-refractivity contribution in [3.63, 3.8) is 0 Å². The minimum atomic E-state index is 0.0323. The smallest absolute Gasteiger partial charge is 0.322 e. The Balaban J connectivity index is 2.24. The molecule has 0 bridgehead atoms. The molecule has 1 aliphatic rings. The molecule has 1 aromatic heterocycles. The molecule has 7 heteroatoms. The summed E-state index contributed by atoms with van der Waals surface area (Å²) in [6.07, 6.45) is 0. The highest BCUT2D eigenvalue weighted by atomic mass is 35.5. The van der Waals surface area contributed by atoms with Crippen LogP contribution in [0.25, 0.3) is 0 Å². The van der Waals surface area contributed by atoms with Gasteiger partial charge in [0, 0.05) is 25.2 Å². The van der Waals surface area contributed by atoms with Crippen molar-refractivity contribution in [2.75, 3.05) is 31.6 Å². The summed E-state index contributed by atoms with van der Waals surface area (Å²) < 4.78 is 4.99. The molecule has 1 fully saturated rings. The van der Waals surface area contributed by atoms with Crippen LogP contribution in [0, 0.1) is 0 Å². The van der Waals surface area contributed by atoms with Gasteiger partial charge >= 0.3 is 6.01 Å². The van der Waals surface area contributed by atoms with Crippen LogP contribution in [0.3, 0.4) is 0 Å². The summed E-state index contributed by atoms with van der Waals surface area (Å²) >= 11 is 5.83. The third-order valence-corrected chi connectivity index (χ3v) is 2.78. The highest BCUT2D eigenvalue weighted by molar-refractivity contribution is 6.28. The molecule has 0 spiro atoms. The van der Waals surface area contributed by atoms with Crippen LogP contribution in [0.5, 0.6) is 6.01 Å². The van der Waals surface area contributed by atoms with Crippen molar-refractivity contribution in [2.24, 2.45) is 0 Å². The molecule has 17 heavy (non-hydrogen) atoms. The Hall–Kier alpha value is -1.14. The van der Waals surface area contributed by atoms with E-state index in [2.05, 4.69) is 39.0 Å². The molecule has 1 saturated heterocycles. The van der Waals surface area contributed by atoms with Gasteiger partial charge in [-0.2, -0.15) is 15.0 Å². The molecule has 0 saturated carbocycles. The number of piperazine rings is 1. The zero-order chi connectivity index (χ0) is 12.5. The first-order valence-electron chi connectivity index (χ1n) is 5.46. The summed E-state index contributed by atoms with van der Waals surface area (Å²) in [5.74, 6) is 0.566. The molecular formula is C10H16ClN5O. The maximum absolute atomic E-state index is 5.83. The van der Waals surface area contributed by atoms with E-state index in [1.165, 1.54) is 7.11 Å². The Morgan fingerprint density at radius 2 is 2.12 bits per heavy atom. The van der Waals surface area contributed by atoms with Crippen molar-refractivity contribution in [3.05, 3.63) is 5.28 Å². The number of hydrogen-bond acceptors (Lipinski definition) is 6. The summed E-state index contributed by atoms with van der Waals surface area (Å²) in [5.41, 5.74) is 0.0323. The molecule has 0 atom stereocenters. The predicted molar refractivity (Wildman–Crippen MR) is 65.7 cm³/mol. The SMILES string of the molecule is COc1nc(Cl)nc(N2CCNC(C)(C)C2)n1. The fraction of sp³-hybridized carbons (Fsp3) is 0.700. The Morgan fingerprint density at radius 1 is 1.35 bits per heavy atom. The quantitative estimate of drug-likeness (QED) is 0.843. The second kappa shape index (κ2) is 4.62. The lowest BCUT2D eigenvalue weighted by atomic mass is 10.0. The van der Waals surface area contributed by atoms with E-state index in [1.54, 1.807) is 0 Å². The van der Waals surface area contributed by atoms with Crippen molar-refractivity contribution < 1.29 is 4.74 Å². The molecule has 6 nitrogen and oxygen atoms in total. The van der Waals surface area contributed by atoms with E-state index in [4.69, 9.17) is 16.3 Å². The van der Waals surface area contributed by atoms with Gasteiger partial charge in [-0.05, 0) is 25.4 Å². The van der Waals surface area contributed by atoms with Crippen LogP contribution in [0.2, 0.25) is 5.28 Å². The number of anilines is 1. The molecule has 0 aliphatic carbocycles. The molecular weight excluding hydrogens is 242 g/mol. The summed E-state index contributed by atoms with van der Waals surface area (Å²) in [7, 11) is 1.51. The fourth-order valence-corrected chi connectivity index (χ4v) is 2.01. The molecule has 0 amide bonds. The minimum absolute atomic E-state index is 0.0323. The minimum Gasteiger partial charge on any atom is -0.467 e. The summed E-state index contributed by atoms with van der Waals surface area (Å²) in [6, 6.07) is 0.247. The number of rotatable bonds is 2. The van der Waals surface area contributed by atoms with Gasteiger partial charge in [-0.1, -0.05) is 0 Å². The van der Waals surface area contributed by atoms with Crippen LogP contribution in [0.15, 0.2) is 0 Å². The van der Waals surface area contributed by atoms with E-state index < -0.39 is 0 Å². The molecule has 1 aliphatic heterocycles. The third kappa shape index (κ3) is 2.95. The van der Waals surface area contributed by atoms with Crippen molar-refractivity contribution in [2.45, 2.75) is 19.4 Å². The first-order valence-corrected chi connectivity index (χ1v) is 5.83. The van der Waals surface area contributed by atoms with Crippen molar-refractivity contribution in [1.82, 2.24) is 20.3 Å². The van der Waals surface area contributed by atoms with E-state index >= 15 is 0 Å². The zero-order valence-corrected chi connectivity index (χ0v) is 11.0. The highest BCUT2D eigenvalue weighted by Crippen LogP contribution is 2.19. The van der Waals surface area contributed by atoms with Gasteiger partial charge in [0.1, 0.15) is 0 Å². The van der Waals surface area contributed by atoms with E-state index in [9.17, 15) is 0 Å². The maximum atomic E-state index is 5.83. The standard InChI is InChI=1S/C10H16ClN5O/c1-10(2)6-16(5-4-12-10)8-13-7(11)14-9(15-8)17-3/h12H,4-6H2,1-3H3. The van der Waals surface area contributed by atoms with Gasteiger partial charge in [-0.3, -0.25) is 0 Å². The lowest BCUT2D eigenvalue weighted by molar-refractivity contribution is 0.346. The molecule has 1 aromatic rings. The number of nitrogens with one attached hydrogen (secondary N) is 1. The van der Waals surface area contributed by atoms with Crippen LogP contribution >= 0.6 is 11.6 Å². The van der Waals surface area contributed by atoms with Crippen molar-refractivity contribution >= 4 is 17.5 Å². The van der Waals surface area contributed by atoms with Gasteiger partial charge in [0.15, 0.2) is 0 Å². The average Bonchev–Trinajstić information content (AvgIpc) is 2.27. The van der Waals surface area contributed by atoms with Crippen LogP contribution in [0.1, 0.15) is 13.8 Å². The van der Waals surface area contributed by atoms with Crippen molar-refractivity contribution in [3.8, 4) is 6.01 Å². The monoisotopic (exact) mass is 257 g/mol. The lowest BCUT2D eigenvalue weighted by Crippen LogP contribution is -2.57. The first-order chi connectivity index (χ1) is 8.00. The Morgan fingerprint density at radius 3 is 2.76 bits per heavy atom. The second-order valence-corrected chi connectivity index (χ2v) is 4.96. The van der Waals surface area contributed by atoms with Gasteiger partial charge in [-0.25, -0.2) is 0 Å². The van der Waals surface area contributed by atoms with E-state index in [0.717, 1.165) is 19.6 Å². The molecule has 2 heterocycles. The predicted octanol–water partition coefficient (Wildman–Crippen LogP) is 0.722. The fourth-order valence-electron chi connectivity index (χ4n) is 1.87. The maximum Gasteiger partial charge on any atom is 0.322 e. The van der Waals surface area contributed by atoms with Crippen LogP contribution < -0.4 is 15.0 Å². The van der Waals surface area contributed by atoms with Gasteiger partial charge in [0.25, 0.3) is 0 Å². The largest absolute Gasteiger partial charge is 0.467 e. The zero-order valence-electron chi connectivity index (χ0n) is 10.2. The molecule has 2 rings (SSSR count). The third-order valence-electron chi connectivity index (χ3n) is 2.61. The second-order valence-electron chi connectivity index (χ2n) is 4.62. The number of halogens is 1. The normalized spacial score (nSPS) is 19.2. The van der Waals surface area contributed by atoms with Gasteiger partial charge < -0.3 is 15.0 Å². The van der Waals surface area contributed by atoms with E-state index in [-0.39, 0.29) is 16.8 Å². The molecule has 1 N–H and O–H groups in total. The molecule has 0 unspecified atom stereocenters. The van der Waals surface area contributed by atoms with E-state index in [0.29, 0.717) is 5.95 Å².